The number of nitrogens with two attached hydrogens (primary N) is 2. The Labute approximate surface area is 183 Å². The number of fused-ring (bicyclic) bond motifs is 1. The van der Waals surface area contributed by atoms with Gasteiger partial charge in [-0.2, -0.15) is 0 Å². The molecule has 0 unspecified atom stereocenters. The monoisotopic (exact) mass is 446 g/mol. The van der Waals surface area contributed by atoms with Crippen LogP contribution in [0.25, 0.3) is 5.65 Å². The standard InChI is InChI=1S/C19H23ClN8OS/c1-11-15(21)19(9-29-11)3-6-27(7-4-19)18-24-8-13(17-26-25-10-28(17)18)30-12-2-5-23-16(22)14(12)20/h2,5,8,10-11,15H,3-4,6-7,9,21H2,1H3,(H2,22,23)/t11-,15+/m1/s1. The summed E-state index contributed by atoms with van der Waals surface area (Å²) in [5, 5.41) is 8.85. The highest BCUT2D eigenvalue weighted by atomic mass is 35.5. The van der Waals surface area contributed by atoms with E-state index in [2.05, 4.69) is 27.0 Å². The van der Waals surface area contributed by atoms with Gasteiger partial charge in [0.25, 0.3) is 0 Å². The van der Waals surface area contributed by atoms with Gasteiger partial charge in [-0.05, 0) is 25.8 Å². The zero-order chi connectivity index (χ0) is 20.9. The summed E-state index contributed by atoms with van der Waals surface area (Å²) in [6.45, 7) is 4.53. The maximum absolute atomic E-state index is 6.45. The first-order valence-corrected chi connectivity index (χ1v) is 11.1. The fraction of sp³-hybridized carbons (Fsp3) is 0.474. The Balaban J connectivity index is 1.40. The summed E-state index contributed by atoms with van der Waals surface area (Å²) in [5.74, 6) is 1.13. The minimum atomic E-state index is 0.0655. The Morgan fingerprint density at radius 3 is 2.80 bits per heavy atom. The van der Waals surface area contributed by atoms with Crippen molar-refractivity contribution < 1.29 is 4.74 Å². The van der Waals surface area contributed by atoms with Crippen molar-refractivity contribution in [3.05, 3.63) is 29.8 Å². The zero-order valence-electron chi connectivity index (χ0n) is 16.5. The molecular weight excluding hydrogens is 424 g/mol. The van der Waals surface area contributed by atoms with E-state index in [4.69, 9.17) is 32.8 Å². The predicted octanol–water partition coefficient (Wildman–Crippen LogP) is 2.24. The summed E-state index contributed by atoms with van der Waals surface area (Å²) < 4.78 is 7.76. The molecule has 3 aromatic heterocycles. The molecule has 0 radical (unpaired) electrons. The number of halogens is 1. The summed E-state index contributed by atoms with van der Waals surface area (Å²) in [6.07, 6.45) is 7.21. The van der Waals surface area contributed by atoms with Gasteiger partial charge in [0.2, 0.25) is 5.95 Å². The number of aromatic nitrogens is 5. The summed E-state index contributed by atoms with van der Waals surface area (Å²) in [4.78, 5) is 12.7. The third kappa shape index (κ3) is 3.18. The van der Waals surface area contributed by atoms with E-state index < -0.39 is 0 Å². The van der Waals surface area contributed by atoms with Crippen molar-refractivity contribution in [2.24, 2.45) is 11.1 Å². The third-order valence-corrected chi connectivity index (χ3v) is 7.85. The molecule has 0 amide bonds. The highest BCUT2D eigenvalue weighted by Crippen LogP contribution is 2.42. The van der Waals surface area contributed by atoms with Crippen LogP contribution in [0.1, 0.15) is 19.8 Å². The molecule has 2 aliphatic rings. The summed E-state index contributed by atoms with van der Waals surface area (Å²) in [6, 6.07) is 1.90. The molecule has 1 spiro atoms. The Bertz CT molecular complexity index is 1080. The fourth-order valence-electron chi connectivity index (χ4n) is 4.36. The van der Waals surface area contributed by atoms with Crippen molar-refractivity contribution in [3.8, 4) is 0 Å². The van der Waals surface area contributed by atoms with Gasteiger partial charge in [0, 0.05) is 41.8 Å². The molecule has 4 N–H and O–H groups in total. The number of ether oxygens (including phenoxy) is 1. The highest BCUT2D eigenvalue weighted by Gasteiger charge is 2.47. The third-order valence-electron chi connectivity index (χ3n) is 6.27. The van der Waals surface area contributed by atoms with Gasteiger partial charge in [-0.1, -0.05) is 23.4 Å². The molecule has 9 nitrogen and oxygen atoms in total. The van der Waals surface area contributed by atoms with Crippen LogP contribution >= 0.6 is 23.4 Å². The number of hydrogen-bond acceptors (Lipinski definition) is 9. The Hall–Kier alpha value is -2.14. The first-order chi connectivity index (χ1) is 14.5. The van der Waals surface area contributed by atoms with Crippen molar-refractivity contribution in [2.75, 3.05) is 30.3 Å². The minimum absolute atomic E-state index is 0.0655. The quantitative estimate of drug-likeness (QED) is 0.623. The van der Waals surface area contributed by atoms with Crippen LogP contribution in [0.3, 0.4) is 0 Å². The molecule has 2 aliphatic heterocycles. The fourth-order valence-corrected chi connectivity index (χ4v) is 5.48. The van der Waals surface area contributed by atoms with Crippen molar-refractivity contribution >= 4 is 40.8 Å². The Morgan fingerprint density at radius 1 is 1.27 bits per heavy atom. The van der Waals surface area contributed by atoms with Crippen molar-refractivity contribution in [1.29, 1.82) is 0 Å². The van der Waals surface area contributed by atoms with Crippen LogP contribution in [0.2, 0.25) is 5.02 Å². The van der Waals surface area contributed by atoms with E-state index in [1.807, 2.05) is 16.7 Å². The van der Waals surface area contributed by atoms with Crippen LogP contribution in [0.5, 0.6) is 0 Å². The maximum atomic E-state index is 6.45. The van der Waals surface area contributed by atoms with Crippen molar-refractivity contribution in [2.45, 2.75) is 41.7 Å². The topological polar surface area (TPSA) is 120 Å². The molecule has 2 saturated heterocycles. The number of pyridine rings is 1. The molecule has 3 aromatic rings. The van der Waals surface area contributed by atoms with Crippen LogP contribution in [0.4, 0.5) is 11.8 Å². The van der Waals surface area contributed by atoms with Crippen molar-refractivity contribution in [3.63, 3.8) is 0 Å². The van der Waals surface area contributed by atoms with Crippen LogP contribution in [-0.2, 0) is 4.74 Å². The second kappa shape index (κ2) is 7.52. The molecule has 2 fully saturated rings. The summed E-state index contributed by atoms with van der Waals surface area (Å²) in [7, 11) is 0. The molecule has 0 saturated carbocycles. The van der Waals surface area contributed by atoms with Gasteiger partial charge in [-0.25, -0.2) is 14.4 Å². The largest absolute Gasteiger partial charge is 0.382 e. The highest BCUT2D eigenvalue weighted by molar-refractivity contribution is 7.99. The lowest BCUT2D eigenvalue weighted by Crippen LogP contribution is -2.51. The van der Waals surface area contributed by atoms with Crippen LogP contribution < -0.4 is 16.4 Å². The van der Waals surface area contributed by atoms with E-state index in [0.29, 0.717) is 10.8 Å². The molecule has 0 bridgehead atoms. The van der Waals surface area contributed by atoms with E-state index in [-0.39, 0.29) is 17.6 Å². The van der Waals surface area contributed by atoms with Gasteiger partial charge in [-0.15, -0.1) is 10.2 Å². The van der Waals surface area contributed by atoms with E-state index in [0.717, 1.165) is 53.9 Å². The first-order valence-electron chi connectivity index (χ1n) is 9.87. The van der Waals surface area contributed by atoms with Gasteiger partial charge in [0.05, 0.1) is 22.6 Å². The predicted molar refractivity (Wildman–Crippen MR) is 116 cm³/mol. The molecule has 2 atom stereocenters. The van der Waals surface area contributed by atoms with Crippen LogP contribution in [-0.4, -0.2) is 56.4 Å². The number of anilines is 2. The van der Waals surface area contributed by atoms with Crippen molar-refractivity contribution in [1.82, 2.24) is 24.6 Å². The molecule has 11 heteroatoms. The molecule has 5 heterocycles. The molecular formula is C19H23ClN8OS. The lowest BCUT2D eigenvalue weighted by atomic mass is 9.73. The van der Waals surface area contributed by atoms with E-state index in [9.17, 15) is 0 Å². The Morgan fingerprint density at radius 2 is 2.07 bits per heavy atom. The molecule has 158 valence electrons. The van der Waals surface area contributed by atoms with E-state index in [1.54, 1.807) is 12.5 Å². The minimum Gasteiger partial charge on any atom is -0.382 e. The SMILES string of the molecule is C[C@H]1OCC2(CCN(c3ncc(Sc4ccnc(N)c4Cl)c4nncn34)CC2)[C@H]1N. The van der Waals surface area contributed by atoms with Gasteiger partial charge >= 0.3 is 0 Å². The lowest BCUT2D eigenvalue weighted by molar-refractivity contribution is 0.0973. The van der Waals surface area contributed by atoms with Gasteiger partial charge in [-0.3, -0.25) is 0 Å². The summed E-state index contributed by atoms with van der Waals surface area (Å²) >= 11 is 7.75. The second-order valence-corrected chi connectivity index (χ2v) is 9.41. The number of nitrogens with zero attached hydrogens (tertiary/aromatic N) is 6. The smallest absolute Gasteiger partial charge is 0.212 e. The first kappa shape index (κ1) is 19.8. The van der Waals surface area contributed by atoms with Crippen LogP contribution in [0, 0.1) is 5.41 Å². The number of nitrogen functional groups attached to an aromatic ring is 1. The van der Waals surface area contributed by atoms with Crippen LogP contribution in [0.15, 0.2) is 34.6 Å². The van der Waals surface area contributed by atoms with Gasteiger partial charge in [0.1, 0.15) is 12.1 Å². The molecule has 30 heavy (non-hydrogen) atoms. The van der Waals surface area contributed by atoms with Gasteiger partial charge in [0.15, 0.2) is 5.65 Å². The van der Waals surface area contributed by atoms with E-state index >= 15 is 0 Å². The molecule has 0 aromatic carbocycles. The van der Waals surface area contributed by atoms with Gasteiger partial charge < -0.3 is 21.1 Å². The lowest BCUT2D eigenvalue weighted by Gasteiger charge is -2.41. The summed E-state index contributed by atoms with van der Waals surface area (Å²) in [5.41, 5.74) is 13.1. The molecule has 0 aliphatic carbocycles. The van der Waals surface area contributed by atoms with E-state index in [1.165, 1.54) is 11.8 Å². The number of rotatable bonds is 3. The zero-order valence-corrected chi connectivity index (χ0v) is 18.1. The average molecular weight is 447 g/mol. The average Bonchev–Trinajstić information content (AvgIpc) is 3.35. The second-order valence-electron chi connectivity index (χ2n) is 7.95. The molecule has 5 rings (SSSR count). The normalized spacial score (nSPS) is 23.5. The number of piperidine rings is 1. The number of hydrogen-bond donors (Lipinski definition) is 2. The maximum Gasteiger partial charge on any atom is 0.212 e. The Kier molecular flexibility index (Phi) is 4.97.